The molecule has 1 aromatic heterocycles. The predicted octanol–water partition coefficient (Wildman–Crippen LogP) is 3.04. The van der Waals surface area contributed by atoms with Gasteiger partial charge < -0.3 is 5.32 Å². The van der Waals surface area contributed by atoms with Gasteiger partial charge in [0.2, 0.25) is 0 Å². The highest BCUT2D eigenvalue weighted by Gasteiger charge is 2.40. The first-order valence-electron chi connectivity index (χ1n) is 6.93. The lowest BCUT2D eigenvalue weighted by Crippen LogP contribution is -2.16. The molecule has 1 aromatic rings. The lowest BCUT2D eigenvalue weighted by atomic mass is 10.0. The number of nitriles is 1. The van der Waals surface area contributed by atoms with Crippen LogP contribution in [0.25, 0.3) is 0 Å². The molecule has 0 radical (unpaired) electrons. The Labute approximate surface area is 108 Å². The van der Waals surface area contributed by atoms with E-state index < -0.39 is 0 Å². The molecule has 3 nitrogen and oxygen atoms in total. The van der Waals surface area contributed by atoms with Gasteiger partial charge in [-0.1, -0.05) is 6.92 Å². The van der Waals surface area contributed by atoms with Gasteiger partial charge in [0.1, 0.15) is 11.9 Å². The van der Waals surface area contributed by atoms with Crippen LogP contribution in [0.5, 0.6) is 0 Å². The van der Waals surface area contributed by atoms with E-state index in [2.05, 4.69) is 23.3 Å². The molecule has 0 spiro atoms. The van der Waals surface area contributed by atoms with Gasteiger partial charge in [0.25, 0.3) is 0 Å². The third kappa shape index (κ3) is 1.96. The lowest BCUT2D eigenvalue weighted by molar-refractivity contribution is 0.520. The van der Waals surface area contributed by atoms with Crippen molar-refractivity contribution in [2.45, 2.75) is 45.4 Å². The summed E-state index contributed by atoms with van der Waals surface area (Å²) >= 11 is 0. The van der Waals surface area contributed by atoms with E-state index in [-0.39, 0.29) is 0 Å². The fraction of sp³-hybridized carbons (Fsp3) is 0.600. The van der Waals surface area contributed by atoms with Crippen molar-refractivity contribution >= 4 is 5.82 Å². The van der Waals surface area contributed by atoms with Gasteiger partial charge >= 0.3 is 0 Å². The first-order valence-corrected chi connectivity index (χ1v) is 6.93. The summed E-state index contributed by atoms with van der Waals surface area (Å²) in [5.41, 5.74) is 3.65. The molecule has 0 unspecified atom stereocenters. The van der Waals surface area contributed by atoms with E-state index in [4.69, 9.17) is 0 Å². The second-order valence-corrected chi connectivity index (χ2v) is 5.66. The second kappa shape index (κ2) is 4.28. The molecule has 1 fully saturated rings. The Bertz CT molecular complexity index is 509. The zero-order valence-corrected chi connectivity index (χ0v) is 10.9. The zero-order chi connectivity index (χ0) is 12.6. The van der Waals surface area contributed by atoms with Gasteiger partial charge in [0.05, 0.1) is 5.56 Å². The van der Waals surface area contributed by atoms with Gasteiger partial charge in [-0.15, -0.1) is 0 Å². The molecule has 0 bridgehead atoms. The SMILES string of the molecule is CCC1(CNc2nc3c(cc2C#N)CCC3)CC1. The van der Waals surface area contributed by atoms with Crippen molar-refractivity contribution < 1.29 is 0 Å². The first-order chi connectivity index (χ1) is 8.76. The summed E-state index contributed by atoms with van der Waals surface area (Å²) < 4.78 is 0. The van der Waals surface area contributed by atoms with Gasteiger partial charge in [-0.3, -0.25) is 0 Å². The summed E-state index contributed by atoms with van der Waals surface area (Å²) in [6.45, 7) is 3.21. The van der Waals surface area contributed by atoms with E-state index in [0.717, 1.165) is 25.2 Å². The number of nitrogens with one attached hydrogen (secondary N) is 1. The van der Waals surface area contributed by atoms with E-state index in [0.29, 0.717) is 11.0 Å². The summed E-state index contributed by atoms with van der Waals surface area (Å²) in [6.07, 6.45) is 7.15. The average Bonchev–Trinajstić information content (AvgIpc) is 3.05. The maximum Gasteiger partial charge on any atom is 0.144 e. The van der Waals surface area contributed by atoms with Crippen LogP contribution in [0.1, 0.15) is 49.4 Å². The van der Waals surface area contributed by atoms with Crippen LogP contribution in [-0.2, 0) is 12.8 Å². The molecule has 1 heterocycles. The van der Waals surface area contributed by atoms with Crippen LogP contribution < -0.4 is 5.32 Å². The number of rotatable bonds is 4. The zero-order valence-electron chi connectivity index (χ0n) is 10.9. The molecular formula is C15H19N3. The van der Waals surface area contributed by atoms with Gasteiger partial charge in [-0.25, -0.2) is 4.98 Å². The molecule has 0 aromatic carbocycles. The Kier molecular flexibility index (Phi) is 2.74. The predicted molar refractivity (Wildman–Crippen MR) is 71.4 cm³/mol. The van der Waals surface area contributed by atoms with Crippen molar-refractivity contribution in [3.8, 4) is 6.07 Å². The number of hydrogen-bond donors (Lipinski definition) is 1. The van der Waals surface area contributed by atoms with E-state index in [1.54, 1.807) is 0 Å². The molecule has 0 aliphatic heterocycles. The van der Waals surface area contributed by atoms with E-state index in [9.17, 15) is 5.26 Å². The summed E-state index contributed by atoms with van der Waals surface area (Å²) in [5, 5.41) is 12.6. The highest BCUT2D eigenvalue weighted by Crippen LogP contribution is 2.48. The summed E-state index contributed by atoms with van der Waals surface area (Å²) in [4.78, 5) is 4.66. The first kappa shape index (κ1) is 11.5. The maximum absolute atomic E-state index is 9.22. The molecule has 3 heteroatoms. The number of hydrogen-bond acceptors (Lipinski definition) is 3. The van der Waals surface area contributed by atoms with Crippen molar-refractivity contribution in [3.63, 3.8) is 0 Å². The minimum atomic E-state index is 0.480. The number of fused-ring (bicyclic) bond motifs is 1. The Morgan fingerprint density at radius 1 is 1.44 bits per heavy atom. The van der Waals surface area contributed by atoms with Crippen LogP contribution in [0.15, 0.2) is 6.07 Å². The highest BCUT2D eigenvalue weighted by atomic mass is 15.0. The molecule has 0 amide bonds. The third-order valence-corrected chi connectivity index (χ3v) is 4.51. The van der Waals surface area contributed by atoms with Crippen LogP contribution in [0.2, 0.25) is 0 Å². The summed E-state index contributed by atoms with van der Waals surface area (Å²) in [7, 11) is 0. The van der Waals surface area contributed by atoms with Gasteiger partial charge in [0, 0.05) is 12.2 Å². The number of nitrogens with zero attached hydrogens (tertiary/aromatic N) is 2. The Morgan fingerprint density at radius 3 is 2.94 bits per heavy atom. The van der Waals surface area contributed by atoms with Gasteiger partial charge in [-0.2, -0.15) is 5.26 Å². The summed E-state index contributed by atoms with van der Waals surface area (Å²) in [5.74, 6) is 0.804. The highest BCUT2D eigenvalue weighted by molar-refractivity contribution is 5.55. The molecular weight excluding hydrogens is 222 g/mol. The lowest BCUT2D eigenvalue weighted by Gasteiger charge is -2.15. The van der Waals surface area contributed by atoms with E-state index in [1.165, 1.54) is 36.9 Å². The van der Waals surface area contributed by atoms with Crippen molar-refractivity contribution in [1.82, 2.24) is 4.98 Å². The van der Waals surface area contributed by atoms with Crippen molar-refractivity contribution in [1.29, 1.82) is 5.26 Å². The molecule has 94 valence electrons. The Hall–Kier alpha value is -1.56. The Morgan fingerprint density at radius 2 is 2.28 bits per heavy atom. The molecule has 3 rings (SSSR count). The van der Waals surface area contributed by atoms with Crippen LogP contribution in [-0.4, -0.2) is 11.5 Å². The number of aryl methyl sites for hydroxylation is 2. The monoisotopic (exact) mass is 241 g/mol. The quantitative estimate of drug-likeness (QED) is 0.881. The normalized spacial score (nSPS) is 19.1. The molecule has 1 saturated carbocycles. The Balaban J connectivity index is 1.81. The molecule has 18 heavy (non-hydrogen) atoms. The smallest absolute Gasteiger partial charge is 0.144 e. The molecule has 0 atom stereocenters. The number of aromatic nitrogens is 1. The van der Waals surface area contributed by atoms with Gasteiger partial charge in [-0.05, 0) is 55.6 Å². The van der Waals surface area contributed by atoms with E-state index >= 15 is 0 Å². The van der Waals surface area contributed by atoms with E-state index in [1.807, 2.05) is 6.07 Å². The van der Waals surface area contributed by atoms with Crippen LogP contribution >= 0.6 is 0 Å². The fourth-order valence-corrected chi connectivity index (χ4v) is 2.80. The largest absolute Gasteiger partial charge is 0.368 e. The van der Waals surface area contributed by atoms with Crippen molar-refractivity contribution in [2.75, 3.05) is 11.9 Å². The van der Waals surface area contributed by atoms with Crippen LogP contribution in [0.3, 0.4) is 0 Å². The minimum absolute atomic E-state index is 0.480. The molecule has 2 aliphatic rings. The van der Waals surface area contributed by atoms with Crippen LogP contribution in [0, 0.1) is 16.7 Å². The van der Waals surface area contributed by atoms with Crippen molar-refractivity contribution in [3.05, 3.63) is 22.9 Å². The van der Waals surface area contributed by atoms with Crippen molar-refractivity contribution in [2.24, 2.45) is 5.41 Å². The number of pyridine rings is 1. The standard InChI is InChI=1S/C15H19N3/c1-2-15(6-7-15)10-17-14-12(9-16)8-11-4-3-5-13(11)18-14/h8H,2-7,10H2,1H3,(H,17,18). The van der Waals surface area contributed by atoms with Gasteiger partial charge in [0.15, 0.2) is 0 Å². The maximum atomic E-state index is 9.22. The second-order valence-electron chi connectivity index (χ2n) is 5.66. The molecule has 2 aliphatic carbocycles. The molecule has 0 saturated heterocycles. The summed E-state index contributed by atoms with van der Waals surface area (Å²) in [6, 6.07) is 4.31. The molecule has 1 N–H and O–H groups in total. The minimum Gasteiger partial charge on any atom is -0.368 e. The topological polar surface area (TPSA) is 48.7 Å². The number of anilines is 1. The fourth-order valence-electron chi connectivity index (χ4n) is 2.80. The van der Waals surface area contributed by atoms with Crippen LogP contribution in [0.4, 0.5) is 5.82 Å². The third-order valence-electron chi connectivity index (χ3n) is 4.51. The average molecular weight is 241 g/mol.